The van der Waals surface area contributed by atoms with E-state index < -0.39 is 5.60 Å². The molecular formula is C15H22O3. The van der Waals surface area contributed by atoms with Crippen LogP contribution >= 0.6 is 0 Å². The van der Waals surface area contributed by atoms with Gasteiger partial charge in [0.15, 0.2) is 0 Å². The van der Waals surface area contributed by atoms with Crippen LogP contribution in [0.5, 0.6) is 5.75 Å². The smallest absolute Gasteiger partial charge is 0.309 e. The maximum absolute atomic E-state index is 11.5. The first-order valence-electron chi connectivity index (χ1n) is 6.20. The van der Waals surface area contributed by atoms with E-state index in [1.54, 1.807) is 0 Å². The van der Waals surface area contributed by atoms with E-state index in [-0.39, 0.29) is 12.4 Å². The molecular weight excluding hydrogens is 228 g/mol. The van der Waals surface area contributed by atoms with Crippen LogP contribution in [0.15, 0.2) is 18.2 Å². The number of rotatable bonds is 4. The molecule has 1 aromatic rings. The van der Waals surface area contributed by atoms with Crippen LogP contribution in [0, 0.1) is 13.8 Å². The van der Waals surface area contributed by atoms with E-state index in [1.165, 1.54) is 11.1 Å². The molecule has 0 aromatic heterocycles. The van der Waals surface area contributed by atoms with E-state index in [1.807, 2.05) is 45.9 Å². The van der Waals surface area contributed by atoms with Crippen LogP contribution in [0.3, 0.4) is 0 Å². The van der Waals surface area contributed by atoms with Crippen LogP contribution in [0.1, 0.15) is 38.3 Å². The average molecular weight is 250 g/mol. The second kappa shape index (κ2) is 5.89. The molecule has 3 nitrogen and oxygen atoms in total. The Balaban J connectivity index is 2.38. The van der Waals surface area contributed by atoms with E-state index in [9.17, 15) is 4.79 Å². The summed E-state index contributed by atoms with van der Waals surface area (Å²) in [6, 6.07) is 5.90. The normalized spacial score (nSPS) is 11.2. The minimum absolute atomic E-state index is 0.230. The third kappa shape index (κ3) is 5.21. The molecule has 0 atom stereocenters. The summed E-state index contributed by atoms with van der Waals surface area (Å²) in [7, 11) is 0. The summed E-state index contributed by atoms with van der Waals surface area (Å²) in [6.45, 7) is 10.0. The second-order valence-corrected chi connectivity index (χ2v) is 5.43. The summed E-state index contributed by atoms with van der Waals surface area (Å²) < 4.78 is 10.7. The topological polar surface area (TPSA) is 35.5 Å². The molecule has 0 spiro atoms. The number of hydrogen-bond acceptors (Lipinski definition) is 3. The quantitative estimate of drug-likeness (QED) is 0.768. The number of carbonyl (C=O) groups is 1. The largest absolute Gasteiger partial charge is 0.493 e. The lowest BCUT2D eigenvalue weighted by Gasteiger charge is -2.19. The zero-order valence-electron chi connectivity index (χ0n) is 11.9. The first kappa shape index (κ1) is 14.6. The number of benzene rings is 1. The molecule has 1 aromatic carbocycles. The van der Waals surface area contributed by atoms with Crippen molar-refractivity contribution in [3.63, 3.8) is 0 Å². The molecule has 18 heavy (non-hydrogen) atoms. The van der Waals surface area contributed by atoms with Gasteiger partial charge in [0.05, 0.1) is 13.0 Å². The minimum atomic E-state index is -0.433. The standard InChI is InChI=1S/C15H22O3/c1-11-6-7-13(10-12(11)2)17-9-8-14(16)18-15(3,4)5/h6-7,10H,8-9H2,1-5H3. The summed E-state index contributed by atoms with van der Waals surface area (Å²) in [4.78, 5) is 11.5. The fraction of sp³-hybridized carbons (Fsp3) is 0.533. The highest BCUT2D eigenvalue weighted by Gasteiger charge is 2.15. The third-order valence-corrected chi connectivity index (χ3v) is 2.47. The molecule has 1 rings (SSSR count). The molecule has 0 aliphatic heterocycles. The van der Waals surface area contributed by atoms with Crippen LogP contribution in [-0.2, 0) is 9.53 Å². The summed E-state index contributed by atoms with van der Waals surface area (Å²) in [5.74, 6) is 0.563. The van der Waals surface area contributed by atoms with Gasteiger partial charge in [-0.25, -0.2) is 0 Å². The van der Waals surface area contributed by atoms with Crippen LogP contribution in [0.2, 0.25) is 0 Å². The van der Waals surface area contributed by atoms with Crippen molar-refractivity contribution in [1.29, 1.82) is 0 Å². The first-order valence-corrected chi connectivity index (χ1v) is 6.20. The molecule has 0 unspecified atom stereocenters. The number of carbonyl (C=O) groups excluding carboxylic acids is 1. The highest BCUT2D eigenvalue weighted by atomic mass is 16.6. The number of ether oxygens (including phenoxy) is 2. The summed E-state index contributed by atoms with van der Waals surface area (Å²) in [5.41, 5.74) is 1.98. The molecule has 0 heterocycles. The highest BCUT2D eigenvalue weighted by Crippen LogP contribution is 2.16. The zero-order valence-corrected chi connectivity index (χ0v) is 11.9. The van der Waals surface area contributed by atoms with Gasteiger partial charge in [-0.1, -0.05) is 6.07 Å². The fourth-order valence-corrected chi connectivity index (χ4v) is 1.45. The monoisotopic (exact) mass is 250 g/mol. The Morgan fingerprint density at radius 3 is 2.39 bits per heavy atom. The van der Waals surface area contributed by atoms with Crippen LogP contribution in [-0.4, -0.2) is 18.2 Å². The van der Waals surface area contributed by atoms with Crippen molar-refractivity contribution in [3.8, 4) is 5.75 Å². The Labute approximate surface area is 109 Å². The maximum Gasteiger partial charge on any atom is 0.309 e. The molecule has 0 aliphatic rings. The van der Waals surface area contributed by atoms with Gasteiger partial charge >= 0.3 is 5.97 Å². The summed E-state index contributed by atoms with van der Waals surface area (Å²) >= 11 is 0. The molecule has 3 heteroatoms. The average Bonchev–Trinajstić information content (AvgIpc) is 2.20. The Bertz CT molecular complexity index is 416. The van der Waals surface area contributed by atoms with Gasteiger partial charge in [-0.05, 0) is 57.9 Å². The van der Waals surface area contributed by atoms with Crippen LogP contribution < -0.4 is 4.74 Å². The van der Waals surface area contributed by atoms with Crippen molar-refractivity contribution in [2.75, 3.05) is 6.61 Å². The van der Waals surface area contributed by atoms with Crippen molar-refractivity contribution in [3.05, 3.63) is 29.3 Å². The van der Waals surface area contributed by atoms with E-state index in [0.29, 0.717) is 6.61 Å². The minimum Gasteiger partial charge on any atom is -0.493 e. The Morgan fingerprint density at radius 2 is 1.83 bits per heavy atom. The SMILES string of the molecule is Cc1ccc(OCCC(=O)OC(C)(C)C)cc1C. The van der Waals surface area contributed by atoms with Crippen LogP contribution in [0.4, 0.5) is 0 Å². The molecule has 0 aliphatic carbocycles. The number of hydrogen-bond donors (Lipinski definition) is 0. The fourth-order valence-electron chi connectivity index (χ4n) is 1.45. The Kier molecular flexibility index (Phi) is 4.76. The lowest BCUT2D eigenvalue weighted by Crippen LogP contribution is -2.24. The highest BCUT2D eigenvalue weighted by molar-refractivity contribution is 5.69. The van der Waals surface area contributed by atoms with E-state index >= 15 is 0 Å². The van der Waals surface area contributed by atoms with Crippen molar-refractivity contribution >= 4 is 5.97 Å². The molecule has 0 saturated heterocycles. The van der Waals surface area contributed by atoms with Gasteiger partial charge in [0.1, 0.15) is 11.4 Å². The Hall–Kier alpha value is -1.51. The van der Waals surface area contributed by atoms with Gasteiger partial charge in [-0.3, -0.25) is 4.79 Å². The molecule has 0 radical (unpaired) electrons. The molecule has 100 valence electrons. The predicted octanol–water partition coefficient (Wildman–Crippen LogP) is 3.41. The molecule has 0 fully saturated rings. The van der Waals surface area contributed by atoms with Gasteiger partial charge in [0.2, 0.25) is 0 Å². The van der Waals surface area contributed by atoms with Crippen molar-refractivity contribution in [2.45, 2.75) is 46.6 Å². The van der Waals surface area contributed by atoms with Gasteiger partial charge in [0.25, 0.3) is 0 Å². The lowest BCUT2D eigenvalue weighted by atomic mass is 10.1. The van der Waals surface area contributed by atoms with E-state index in [2.05, 4.69) is 6.92 Å². The van der Waals surface area contributed by atoms with Crippen molar-refractivity contribution in [1.82, 2.24) is 0 Å². The number of esters is 1. The van der Waals surface area contributed by atoms with E-state index in [4.69, 9.17) is 9.47 Å². The molecule has 0 saturated carbocycles. The zero-order chi connectivity index (χ0) is 13.8. The van der Waals surface area contributed by atoms with Gasteiger partial charge in [-0.2, -0.15) is 0 Å². The Morgan fingerprint density at radius 1 is 1.17 bits per heavy atom. The maximum atomic E-state index is 11.5. The van der Waals surface area contributed by atoms with Gasteiger partial charge < -0.3 is 9.47 Å². The van der Waals surface area contributed by atoms with Gasteiger partial charge in [0, 0.05) is 0 Å². The molecule has 0 amide bonds. The third-order valence-electron chi connectivity index (χ3n) is 2.47. The lowest BCUT2D eigenvalue weighted by molar-refractivity contribution is -0.155. The van der Waals surface area contributed by atoms with E-state index in [0.717, 1.165) is 5.75 Å². The predicted molar refractivity (Wildman–Crippen MR) is 71.9 cm³/mol. The van der Waals surface area contributed by atoms with Gasteiger partial charge in [-0.15, -0.1) is 0 Å². The van der Waals surface area contributed by atoms with Crippen molar-refractivity contribution in [2.24, 2.45) is 0 Å². The van der Waals surface area contributed by atoms with Crippen LogP contribution in [0.25, 0.3) is 0 Å². The number of aryl methyl sites for hydroxylation is 2. The second-order valence-electron chi connectivity index (χ2n) is 5.43. The molecule has 0 bridgehead atoms. The summed E-state index contributed by atoms with van der Waals surface area (Å²) in [5, 5.41) is 0. The van der Waals surface area contributed by atoms with Crippen molar-refractivity contribution < 1.29 is 14.3 Å². The molecule has 0 N–H and O–H groups in total. The summed E-state index contributed by atoms with van der Waals surface area (Å²) in [6.07, 6.45) is 0.268. The first-order chi connectivity index (χ1) is 8.28.